The molecule has 536 valence electrons. The molecular formula is C65H73Cl2N9O24. The van der Waals surface area contributed by atoms with Gasteiger partial charge >= 0.3 is 5.97 Å². The van der Waals surface area contributed by atoms with E-state index in [1.54, 1.807) is 13.8 Å². The van der Waals surface area contributed by atoms with Crippen molar-refractivity contribution in [2.75, 3.05) is 6.61 Å². The van der Waals surface area contributed by atoms with Gasteiger partial charge in [-0.3, -0.25) is 33.6 Å². The van der Waals surface area contributed by atoms with Crippen LogP contribution < -0.4 is 63.3 Å². The second kappa shape index (κ2) is 29.6. The second-order valence-corrected chi connectivity index (χ2v) is 26.3. The van der Waals surface area contributed by atoms with Crippen molar-refractivity contribution >= 4 is 70.5 Å². The zero-order valence-electron chi connectivity index (χ0n) is 53.4. The number of aromatic hydroxyl groups is 3. The Bertz CT molecular complexity index is 4060. The highest BCUT2D eigenvalue weighted by atomic mass is 35.5. The number of halogens is 2. The number of benzene rings is 5. The van der Waals surface area contributed by atoms with Gasteiger partial charge in [-0.15, -0.1) is 0 Å². The van der Waals surface area contributed by atoms with Crippen LogP contribution in [0.15, 0.2) is 78.9 Å². The molecule has 0 radical (unpaired) electrons. The number of phenolic OH excluding ortho intramolecular Hbond substituents is 3. The van der Waals surface area contributed by atoms with Crippen molar-refractivity contribution < 1.29 is 118 Å². The molecule has 5 aromatic carbocycles. The van der Waals surface area contributed by atoms with Crippen LogP contribution in [0.25, 0.3) is 11.1 Å². The summed E-state index contributed by atoms with van der Waals surface area (Å²) in [5.41, 5.74) is 14.1. The molecule has 5 aromatic rings. The van der Waals surface area contributed by atoms with Crippen LogP contribution in [0.1, 0.15) is 105 Å². The van der Waals surface area contributed by atoms with E-state index < -0.39 is 237 Å². The second-order valence-electron chi connectivity index (χ2n) is 25.5. The van der Waals surface area contributed by atoms with Crippen LogP contribution in [0.2, 0.25) is 10.0 Å². The van der Waals surface area contributed by atoms with E-state index in [1.165, 1.54) is 26.0 Å². The third kappa shape index (κ3) is 15.4. The molecular weight excluding hydrogens is 1360 g/mol. The van der Waals surface area contributed by atoms with Crippen molar-refractivity contribution in [1.82, 2.24) is 31.9 Å². The number of carbonyl (C=O) groups excluding carboxylic acids is 7. The lowest BCUT2D eigenvalue weighted by atomic mass is 9.86. The molecule has 2 saturated heterocycles. The van der Waals surface area contributed by atoms with Crippen LogP contribution in [0.3, 0.4) is 0 Å². The number of aliphatic carboxylic acids is 1. The highest BCUT2D eigenvalue weighted by molar-refractivity contribution is 6.32. The Labute approximate surface area is 577 Å². The summed E-state index contributed by atoms with van der Waals surface area (Å²) < 4.78 is 38.2. The molecule has 33 nitrogen and oxygen atoms in total. The SMILES string of the molecule is CC(C)C[C@H](N)C(=O)N[C@@H]1C(=O)N[C@@H](CC(N)=O)C(=O)N[C@@H]2C(=O)N[C@@H]3C(=O)NC(C(=O)N[C@@H](C(=O)O)c4cc(O)cc(O)c4-c4cc3ccc4O)[C@H](O)c3ccc(c(Cl)c3)Oc3cc2cc(c3O[C@@H]2O[C@@H](CO)[C@H](O)[C@H](O)[C@@H]2O[C@H]2C[C@@](C)(N)[C@H](O)[C@@H](C)O2)Oc2ccc(cc2Cl)[C@@H]1O. The molecule has 11 bridgehead atoms. The van der Waals surface area contributed by atoms with E-state index in [0.29, 0.717) is 0 Å². The van der Waals surface area contributed by atoms with Crippen molar-refractivity contribution in [3.63, 3.8) is 0 Å². The van der Waals surface area contributed by atoms with Gasteiger partial charge in [-0.2, -0.15) is 0 Å². The summed E-state index contributed by atoms with van der Waals surface area (Å²) >= 11 is 14.1. The summed E-state index contributed by atoms with van der Waals surface area (Å²) in [5.74, 6) is -16.3. The monoisotopic (exact) mass is 1430 g/mol. The quantitative estimate of drug-likeness (QED) is 0.0772. The van der Waals surface area contributed by atoms with E-state index in [2.05, 4.69) is 31.9 Å². The minimum absolute atomic E-state index is 0.0742. The lowest BCUT2D eigenvalue weighted by Crippen LogP contribution is -2.64. The van der Waals surface area contributed by atoms with Gasteiger partial charge in [0.05, 0.1) is 41.3 Å². The third-order valence-corrected chi connectivity index (χ3v) is 18.1. The Morgan fingerprint density at radius 2 is 1.31 bits per heavy atom. The van der Waals surface area contributed by atoms with Gasteiger partial charge in [-0.05, 0) is 103 Å². The van der Waals surface area contributed by atoms with Crippen LogP contribution in [0.5, 0.6) is 46.0 Å². The number of ether oxygens (including phenoxy) is 6. The predicted octanol–water partition coefficient (Wildman–Crippen LogP) is -0.154. The summed E-state index contributed by atoms with van der Waals surface area (Å²) in [6.45, 7) is 5.53. The summed E-state index contributed by atoms with van der Waals surface area (Å²) in [6.07, 6.45) is -18.8. The van der Waals surface area contributed by atoms with Crippen molar-refractivity contribution in [1.29, 1.82) is 0 Å². The molecule has 18 atom stereocenters. The predicted molar refractivity (Wildman–Crippen MR) is 344 cm³/mol. The van der Waals surface area contributed by atoms with Crippen molar-refractivity contribution in [2.24, 2.45) is 23.1 Å². The van der Waals surface area contributed by atoms with E-state index >= 15 is 14.4 Å². The zero-order chi connectivity index (χ0) is 72.8. The minimum atomic E-state index is -2.35. The van der Waals surface area contributed by atoms with E-state index in [0.717, 1.165) is 66.7 Å². The maximum Gasteiger partial charge on any atom is 0.330 e. The number of nitrogens with one attached hydrogen (secondary N) is 6. The fraction of sp³-hybridized carbons (Fsp3) is 0.415. The standard InChI is InChI=1S/C65H73Cl2N9O24/c1-22(2)11-33(68)57(87)75-48-50(82)25-6-9-37(31(66)13-25)96-39-15-27-16-40(54(39)100-64-55(53(85)52(84)41(21-77)98-64)99-43-20-65(4,70)56(86)23(3)95-43)97-38-10-7-26(14-32(38)67)51(83)49-62(92)74-47(63(93)94)30-17-28(78)18-36(80)44(30)29-12-24(5-8-35(29)79)45(59(89)76-49)73-60(90)46(27)72-58(88)34(19-42(69)81)71-61(48)91/h5-10,12-18,22-23,33-34,41,43,45-53,55-56,64,77-80,82-86H,11,19-21,68,70H2,1-4H3,(H2,69,81)(H,71,91)(H,72,88)(H,73,90)(H,74,92)(H,75,87)(H,76,89)(H,93,94)/t23-,33+,34+,41+,43+,45+,46+,47-,48+,49?,50+,51-,52+,53+,55+,56-,64+,65-/m1/s1. The van der Waals surface area contributed by atoms with Gasteiger partial charge < -0.3 is 129 Å². The van der Waals surface area contributed by atoms with Crippen LogP contribution in [0.4, 0.5) is 0 Å². The van der Waals surface area contributed by atoms with E-state index in [-0.39, 0.29) is 46.2 Å². The first-order valence-electron chi connectivity index (χ1n) is 31.2. The molecule has 100 heavy (non-hydrogen) atoms. The lowest BCUT2D eigenvalue weighted by Gasteiger charge is -2.47. The summed E-state index contributed by atoms with van der Waals surface area (Å²) in [7, 11) is 0. The summed E-state index contributed by atoms with van der Waals surface area (Å²) in [4.78, 5) is 116. The highest BCUT2D eigenvalue weighted by Crippen LogP contribution is 2.50. The first-order chi connectivity index (χ1) is 47.1. The van der Waals surface area contributed by atoms with Gasteiger partial charge in [0.1, 0.15) is 89.5 Å². The summed E-state index contributed by atoms with van der Waals surface area (Å²) in [6, 6.07) is -1.18. The number of carboxylic acid groups (broad SMARTS) is 1. The molecule has 0 spiro atoms. The van der Waals surface area contributed by atoms with Gasteiger partial charge in [0.25, 0.3) is 0 Å². The highest BCUT2D eigenvalue weighted by Gasteiger charge is 2.51. The smallest absolute Gasteiger partial charge is 0.330 e. The van der Waals surface area contributed by atoms with E-state index in [9.17, 15) is 75.0 Å². The Morgan fingerprint density at radius 1 is 0.710 bits per heavy atom. The number of amides is 7. The number of nitrogens with two attached hydrogens (primary N) is 3. The van der Waals surface area contributed by atoms with Gasteiger partial charge in [-0.25, -0.2) is 4.79 Å². The van der Waals surface area contributed by atoms with Gasteiger partial charge in [-0.1, -0.05) is 55.2 Å². The number of carbonyl (C=O) groups is 8. The number of aliphatic hydroxyl groups is 6. The number of primary amides is 1. The zero-order valence-corrected chi connectivity index (χ0v) is 54.9. The molecule has 7 aliphatic rings. The molecule has 7 heterocycles. The topological polar surface area (TPSA) is 544 Å². The molecule has 7 amide bonds. The molecule has 1 unspecified atom stereocenters. The maximum absolute atomic E-state index is 16.0. The number of carboxylic acids is 1. The molecule has 2 fully saturated rings. The molecule has 12 rings (SSSR count). The number of rotatable bonds is 12. The number of hydrogen-bond acceptors (Lipinski definition) is 25. The van der Waals surface area contributed by atoms with E-state index in [4.69, 9.17) is 68.8 Å². The maximum atomic E-state index is 16.0. The Balaban J connectivity index is 1.24. The number of hydrogen-bond donors (Lipinski definition) is 19. The average molecular weight is 1440 g/mol. The fourth-order valence-corrected chi connectivity index (χ4v) is 12.7. The molecule has 0 aliphatic carbocycles. The largest absolute Gasteiger partial charge is 0.508 e. The molecule has 7 aliphatic heterocycles. The molecule has 0 aromatic heterocycles. The van der Waals surface area contributed by atoms with Gasteiger partial charge in [0.15, 0.2) is 29.9 Å². The number of fused-ring (bicyclic) bond motifs is 15. The van der Waals surface area contributed by atoms with Crippen molar-refractivity contribution in [3.05, 3.63) is 117 Å². The average Bonchev–Trinajstić information content (AvgIpc) is 0.768. The van der Waals surface area contributed by atoms with E-state index in [1.807, 2.05) is 0 Å². The molecule has 35 heteroatoms. The van der Waals surface area contributed by atoms with Crippen molar-refractivity contribution in [2.45, 2.75) is 156 Å². The molecule has 0 saturated carbocycles. The minimum Gasteiger partial charge on any atom is -0.508 e. The van der Waals surface area contributed by atoms with Crippen LogP contribution in [0, 0.1) is 5.92 Å². The lowest BCUT2D eigenvalue weighted by molar-refractivity contribution is -0.333. The molecule has 22 N–H and O–H groups in total. The van der Waals surface area contributed by atoms with Crippen molar-refractivity contribution in [3.8, 4) is 57.1 Å². The summed E-state index contributed by atoms with van der Waals surface area (Å²) in [5, 5.41) is 127. The van der Waals surface area contributed by atoms with Gasteiger partial charge in [0, 0.05) is 34.7 Å². The Hall–Kier alpha value is -9.20. The normalized spacial score (nSPS) is 29.6. The Kier molecular flexibility index (Phi) is 21.7. The first-order valence-corrected chi connectivity index (χ1v) is 31.9. The van der Waals surface area contributed by atoms with Crippen LogP contribution in [-0.2, 0) is 52.6 Å². The first kappa shape index (κ1) is 73.5. The Morgan fingerprint density at radius 3 is 1.90 bits per heavy atom. The van der Waals surface area contributed by atoms with Crippen LogP contribution in [-0.4, -0.2) is 184 Å². The fourth-order valence-electron chi connectivity index (χ4n) is 12.3. The number of aliphatic hydroxyl groups excluding tert-OH is 6. The third-order valence-electron chi connectivity index (χ3n) is 17.5. The number of phenols is 3. The van der Waals surface area contributed by atoms with Crippen LogP contribution >= 0.6 is 23.2 Å². The van der Waals surface area contributed by atoms with Gasteiger partial charge in [0.2, 0.25) is 53.4 Å².